The van der Waals surface area contributed by atoms with E-state index in [1.165, 1.54) is 12.8 Å². The average Bonchev–Trinajstić information content (AvgIpc) is 2.86. The fraction of sp³-hybridized carbons (Fsp3) is 1.00. The summed E-state index contributed by atoms with van der Waals surface area (Å²) in [5.41, 5.74) is 0. The molecule has 1 unspecified atom stereocenters. The highest BCUT2D eigenvalue weighted by molar-refractivity contribution is 6.18. The van der Waals surface area contributed by atoms with Gasteiger partial charge in [0, 0.05) is 32.1 Å². The molecule has 1 atom stereocenters. The van der Waals surface area contributed by atoms with Crippen LogP contribution in [0.2, 0.25) is 0 Å². The van der Waals surface area contributed by atoms with Crippen molar-refractivity contribution in [3.8, 4) is 0 Å². The van der Waals surface area contributed by atoms with Crippen molar-refractivity contribution in [2.24, 2.45) is 0 Å². The molecular formula is C9H18ClNO. The van der Waals surface area contributed by atoms with Crippen molar-refractivity contribution in [1.29, 1.82) is 0 Å². The summed E-state index contributed by atoms with van der Waals surface area (Å²) in [6.45, 7) is 4.12. The molecule has 0 amide bonds. The molecule has 72 valence electrons. The van der Waals surface area contributed by atoms with Gasteiger partial charge in [-0.1, -0.05) is 0 Å². The Bertz CT molecular complexity index is 128. The molecule has 0 heterocycles. The normalized spacial score (nSPS) is 20.0. The zero-order chi connectivity index (χ0) is 8.97. The number of hydrogen-bond acceptors (Lipinski definition) is 2. The third-order valence-corrected chi connectivity index (χ3v) is 2.50. The molecular weight excluding hydrogens is 174 g/mol. The molecule has 0 N–H and O–H groups in total. The number of rotatable bonds is 6. The first-order valence-electron chi connectivity index (χ1n) is 4.60. The molecule has 0 aromatic heterocycles. The maximum Gasteiger partial charge on any atom is 0.0670 e. The molecule has 2 nitrogen and oxygen atoms in total. The minimum absolute atomic E-state index is 0.328. The maximum absolute atomic E-state index is 5.71. The third kappa shape index (κ3) is 3.30. The average molecular weight is 192 g/mol. The lowest BCUT2D eigenvalue weighted by Crippen LogP contribution is -2.35. The summed E-state index contributed by atoms with van der Waals surface area (Å²) in [5, 5.41) is 0. The van der Waals surface area contributed by atoms with E-state index in [1.807, 2.05) is 0 Å². The van der Waals surface area contributed by atoms with E-state index in [0.717, 1.165) is 25.0 Å². The minimum Gasteiger partial charge on any atom is -0.380 e. The predicted octanol–water partition coefficient (Wildman–Crippen LogP) is 1.72. The van der Waals surface area contributed by atoms with Crippen LogP contribution in [-0.4, -0.2) is 43.1 Å². The van der Waals surface area contributed by atoms with Gasteiger partial charge in [0.1, 0.15) is 0 Å². The first-order chi connectivity index (χ1) is 5.77. The molecule has 0 bridgehead atoms. The van der Waals surface area contributed by atoms with Crippen LogP contribution in [0.15, 0.2) is 0 Å². The third-order valence-electron chi connectivity index (χ3n) is 2.33. The number of alkyl halides is 1. The van der Waals surface area contributed by atoms with Crippen LogP contribution in [0, 0.1) is 0 Å². The molecule has 12 heavy (non-hydrogen) atoms. The Morgan fingerprint density at radius 3 is 2.67 bits per heavy atom. The van der Waals surface area contributed by atoms with Crippen molar-refractivity contribution < 1.29 is 4.74 Å². The number of methoxy groups -OCH3 is 1. The Morgan fingerprint density at radius 2 is 2.25 bits per heavy atom. The molecule has 0 aliphatic heterocycles. The van der Waals surface area contributed by atoms with Crippen molar-refractivity contribution in [3.05, 3.63) is 0 Å². The van der Waals surface area contributed by atoms with Gasteiger partial charge in [-0.2, -0.15) is 0 Å². The second-order valence-electron chi connectivity index (χ2n) is 3.46. The van der Waals surface area contributed by atoms with Crippen molar-refractivity contribution >= 4 is 11.6 Å². The first-order valence-corrected chi connectivity index (χ1v) is 5.14. The lowest BCUT2D eigenvalue weighted by molar-refractivity contribution is 0.0764. The van der Waals surface area contributed by atoms with E-state index >= 15 is 0 Å². The number of halogens is 1. The van der Waals surface area contributed by atoms with Gasteiger partial charge in [0.25, 0.3) is 0 Å². The molecule has 0 aromatic carbocycles. The smallest absolute Gasteiger partial charge is 0.0670 e. The van der Waals surface area contributed by atoms with Gasteiger partial charge in [-0.15, -0.1) is 11.6 Å². The van der Waals surface area contributed by atoms with Gasteiger partial charge >= 0.3 is 0 Å². The molecule has 3 heteroatoms. The van der Waals surface area contributed by atoms with Gasteiger partial charge in [0.15, 0.2) is 0 Å². The summed E-state index contributed by atoms with van der Waals surface area (Å²) in [5.74, 6) is 0.729. The molecule has 0 saturated heterocycles. The lowest BCUT2D eigenvalue weighted by Gasteiger charge is -2.23. The molecule has 1 aliphatic carbocycles. The van der Waals surface area contributed by atoms with E-state index in [4.69, 9.17) is 16.3 Å². The SMILES string of the molecule is COC(C)CN(CCCl)C1CC1. The zero-order valence-corrected chi connectivity index (χ0v) is 8.68. The highest BCUT2D eigenvalue weighted by atomic mass is 35.5. The maximum atomic E-state index is 5.71. The van der Waals surface area contributed by atoms with E-state index in [2.05, 4.69) is 11.8 Å². The highest BCUT2D eigenvalue weighted by Crippen LogP contribution is 2.26. The first kappa shape index (κ1) is 10.3. The Balaban J connectivity index is 2.22. The van der Waals surface area contributed by atoms with E-state index < -0.39 is 0 Å². The molecule has 1 aliphatic rings. The monoisotopic (exact) mass is 191 g/mol. The fourth-order valence-corrected chi connectivity index (χ4v) is 1.59. The van der Waals surface area contributed by atoms with Gasteiger partial charge < -0.3 is 4.74 Å². The van der Waals surface area contributed by atoms with Crippen molar-refractivity contribution in [1.82, 2.24) is 4.90 Å². The summed E-state index contributed by atoms with van der Waals surface area (Å²) in [6, 6.07) is 0.793. The predicted molar refractivity (Wildman–Crippen MR) is 51.8 cm³/mol. The highest BCUT2D eigenvalue weighted by Gasteiger charge is 2.29. The van der Waals surface area contributed by atoms with Gasteiger partial charge in [0.05, 0.1) is 6.10 Å². The van der Waals surface area contributed by atoms with Gasteiger partial charge in [0.2, 0.25) is 0 Å². The zero-order valence-electron chi connectivity index (χ0n) is 7.92. The Kier molecular flexibility index (Phi) is 4.33. The van der Waals surface area contributed by atoms with Crippen LogP contribution in [-0.2, 0) is 4.74 Å². The quantitative estimate of drug-likeness (QED) is 0.593. The van der Waals surface area contributed by atoms with E-state index in [1.54, 1.807) is 7.11 Å². The van der Waals surface area contributed by atoms with Crippen LogP contribution in [0.5, 0.6) is 0 Å². The molecule has 1 rings (SSSR count). The topological polar surface area (TPSA) is 12.5 Å². The van der Waals surface area contributed by atoms with Crippen LogP contribution < -0.4 is 0 Å². The van der Waals surface area contributed by atoms with E-state index in [-0.39, 0.29) is 0 Å². The lowest BCUT2D eigenvalue weighted by atomic mass is 10.3. The Morgan fingerprint density at radius 1 is 1.58 bits per heavy atom. The summed E-state index contributed by atoms with van der Waals surface area (Å²) < 4.78 is 5.22. The van der Waals surface area contributed by atoms with Crippen LogP contribution in [0.3, 0.4) is 0 Å². The van der Waals surface area contributed by atoms with Crippen LogP contribution >= 0.6 is 11.6 Å². The standard InChI is InChI=1S/C9H18ClNO/c1-8(12-2)7-11(6-5-10)9-3-4-9/h8-9H,3-7H2,1-2H3. The van der Waals surface area contributed by atoms with Crippen LogP contribution in [0.1, 0.15) is 19.8 Å². The molecule has 0 radical (unpaired) electrons. The second-order valence-corrected chi connectivity index (χ2v) is 3.84. The molecule has 1 saturated carbocycles. The summed E-state index contributed by atoms with van der Waals surface area (Å²) in [4.78, 5) is 2.43. The van der Waals surface area contributed by atoms with Crippen LogP contribution in [0.25, 0.3) is 0 Å². The summed E-state index contributed by atoms with van der Waals surface area (Å²) in [7, 11) is 1.76. The number of nitrogens with zero attached hydrogens (tertiary/aromatic N) is 1. The molecule has 1 fully saturated rings. The fourth-order valence-electron chi connectivity index (χ4n) is 1.38. The van der Waals surface area contributed by atoms with Gasteiger partial charge in [-0.25, -0.2) is 0 Å². The van der Waals surface area contributed by atoms with Crippen molar-refractivity contribution in [3.63, 3.8) is 0 Å². The molecule has 0 spiro atoms. The van der Waals surface area contributed by atoms with Gasteiger partial charge in [-0.3, -0.25) is 4.90 Å². The summed E-state index contributed by atoms with van der Waals surface area (Å²) in [6.07, 6.45) is 3.01. The molecule has 0 aromatic rings. The second kappa shape index (κ2) is 5.05. The number of hydrogen-bond donors (Lipinski definition) is 0. The van der Waals surface area contributed by atoms with Crippen molar-refractivity contribution in [2.75, 3.05) is 26.1 Å². The largest absolute Gasteiger partial charge is 0.380 e. The summed E-state index contributed by atoms with van der Waals surface area (Å²) >= 11 is 5.71. The minimum atomic E-state index is 0.328. The van der Waals surface area contributed by atoms with E-state index in [0.29, 0.717) is 6.10 Å². The van der Waals surface area contributed by atoms with Crippen LogP contribution in [0.4, 0.5) is 0 Å². The number of ether oxygens (including phenoxy) is 1. The Hall–Kier alpha value is 0.210. The van der Waals surface area contributed by atoms with Gasteiger partial charge in [-0.05, 0) is 19.8 Å². The van der Waals surface area contributed by atoms with E-state index in [9.17, 15) is 0 Å². The Labute approximate surface area is 79.8 Å². The van der Waals surface area contributed by atoms with Crippen molar-refractivity contribution in [2.45, 2.75) is 31.9 Å².